The van der Waals surface area contributed by atoms with Crippen LogP contribution in [-0.2, 0) is 0 Å². The standard InChI is InChI=1S/C15H16N2O/c1-3-4-10-17-14(11-12(2)16-15(17)18)13-8-6-5-7-9-13/h5-9,11,14H,10H2,1-2H3,(H,16,18). The van der Waals surface area contributed by atoms with Crippen molar-refractivity contribution in [1.29, 1.82) is 0 Å². The van der Waals surface area contributed by atoms with E-state index in [4.69, 9.17) is 0 Å². The van der Waals surface area contributed by atoms with E-state index in [0.29, 0.717) is 6.54 Å². The minimum Gasteiger partial charge on any atom is -0.312 e. The lowest BCUT2D eigenvalue weighted by atomic mass is 10.0. The number of amides is 2. The molecule has 0 saturated heterocycles. The highest BCUT2D eigenvalue weighted by Crippen LogP contribution is 2.25. The number of hydrogen-bond acceptors (Lipinski definition) is 1. The Hall–Kier alpha value is -2.21. The van der Waals surface area contributed by atoms with Crippen LogP contribution in [0.25, 0.3) is 0 Å². The molecule has 1 heterocycles. The number of carbonyl (C=O) groups is 1. The molecule has 18 heavy (non-hydrogen) atoms. The molecule has 2 amide bonds. The third-order valence-electron chi connectivity index (χ3n) is 2.88. The Morgan fingerprint density at radius 3 is 2.72 bits per heavy atom. The largest absolute Gasteiger partial charge is 0.323 e. The average molecular weight is 240 g/mol. The van der Waals surface area contributed by atoms with Gasteiger partial charge in [-0.3, -0.25) is 0 Å². The van der Waals surface area contributed by atoms with Crippen molar-refractivity contribution in [2.45, 2.75) is 19.9 Å². The van der Waals surface area contributed by atoms with Gasteiger partial charge in [-0.15, -0.1) is 5.92 Å². The monoisotopic (exact) mass is 240 g/mol. The van der Waals surface area contributed by atoms with Gasteiger partial charge in [-0.2, -0.15) is 0 Å². The topological polar surface area (TPSA) is 32.3 Å². The predicted octanol–water partition coefficient (Wildman–Crippen LogP) is 2.68. The molecule has 1 aliphatic heterocycles. The van der Waals surface area contributed by atoms with E-state index in [2.05, 4.69) is 17.2 Å². The second-order valence-corrected chi connectivity index (χ2v) is 4.19. The van der Waals surface area contributed by atoms with Gasteiger partial charge >= 0.3 is 6.03 Å². The van der Waals surface area contributed by atoms with Crippen molar-refractivity contribution in [2.75, 3.05) is 6.54 Å². The van der Waals surface area contributed by atoms with Crippen LogP contribution in [0.15, 0.2) is 42.1 Å². The molecule has 0 radical (unpaired) electrons. The third kappa shape index (κ3) is 2.54. The first-order valence-electron chi connectivity index (χ1n) is 5.93. The van der Waals surface area contributed by atoms with Gasteiger partial charge in [0.15, 0.2) is 0 Å². The number of nitrogens with zero attached hydrogens (tertiary/aromatic N) is 1. The fourth-order valence-electron chi connectivity index (χ4n) is 2.00. The van der Waals surface area contributed by atoms with Crippen LogP contribution in [0.4, 0.5) is 4.79 Å². The summed E-state index contributed by atoms with van der Waals surface area (Å²) >= 11 is 0. The summed E-state index contributed by atoms with van der Waals surface area (Å²) in [5, 5.41) is 2.82. The highest BCUT2D eigenvalue weighted by atomic mass is 16.2. The zero-order valence-corrected chi connectivity index (χ0v) is 10.6. The van der Waals surface area contributed by atoms with Gasteiger partial charge in [-0.25, -0.2) is 4.79 Å². The van der Waals surface area contributed by atoms with E-state index in [1.54, 1.807) is 11.8 Å². The maximum atomic E-state index is 12.0. The van der Waals surface area contributed by atoms with Gasteiger partial charge in [0.2, 0.25) is 0 Å². The van der Waals surface area contributed by atoms with Crippen LogP contribution in [0.5, 0.6) is 0 Å². The van der Waals surface area contributed by atoms with Crippen LogP contribution >= 0.6 is 0 Å². The Labute approximate surface area is 107 Å². The predicted molar refractivity (Wildman–Crippen MR) is 71.6 cm³/mol. The van der Waals surface area contributed by atoms with E-state index in [1.807, 2.05) is 43.3 Å². The van der Waals surface area contributed by atoms with Gasteiger partial charge in [0.1, 0.15) is 0 Å². The number of nitrogens with one attached hydrogen (secondary N) is 1. The quantitative estimate of drug-likeness (QED) is 0.792. The normalized spacial score (nSPS) is 18.6. The summed E-state index contributed by atoms with van der Waals surface area (Å²) in [5.41, 5.74) is 1.99. The first kappa shape index (κ1) is 12.3. The van der Waals surface area contributed by atoms with Crippen molar-refractivity contribution in [3.63, 3.8) is 0 Å². The molecule has 0 fully saturated rings. The molecular formula is C15H16N2O. The van der Waals surface area contributed by atoms with Crippen LogP contribution in [0, 0.1) is 11.8 Å². The fourth-order valence-corrected chi connectivity index (χ4v) is 2.00. The van der Waals surface area contributed by atoms with Crippen LogP contribution in [0.1, 0.15) is 25.5 Å². The van der Waals surface area contributed by atoms with Crippen molar-refractivity contribution in [3.8, 4) is 11.8 Å². The molecule has 1 atom stereocenters. The number of hydrogen-bond donors (Lipinski definition) is 1. The molecule has 0 bridgehead atoms. The zero-order chi connectivity index (χ0) is 13.0. The summed E-state index contributed by atoms with van der Waals surface area (Å²) in [6, 6.07) is 9.86. The molecule has 0 aromatic heterocycles. The zero-order valence-electron chi connectivity index (χ0n) is 10.6. The molecule has 3 nitrogen and oxygen atoms in total. The lowest BCUT2D eigenvalue weighted by Crippen LogP contribution is -2.44. The maximum absolute atomic E-state index is 12.0. The summed E-state index contributed by atoms with van der Waals surface area (Å²) in [5.74, 6) is 5.78. The molecule has 92 valence electrons. The molecule has 2 rings (SSSR count). The van der Waals surface area contributed by atoms with E-state index in [-0.39, 0.29) is 12.1 Å². The van der Waals surface area contributed by atoms with Crippen molar-refractivity contribution >= 4 is 6.03 Å². The molecule has 0 aliphatic carbocycles. The maximum Gasteiger partial charge on any atom is 0.323 e. The fraction of sp³-hybridized carbons (Fsp3) is 0.267. The summed E-state index contributed by atoms with van der Waals surface area (Å²) in [7, 11) is 0. The minimum absolute atomic E-state index is 0.0409. The Bertz CT molecular complexity index is 522. The number of carbonyl (C=O) groups excluding carboxylic acids is 1. The van der Waals surface area contributed by atoms with Crippen LogP contribution in [0.3, 0.4) is 0 Å². The molecule has 1 aromatic carbocycles. The van der Waals surface area contributed by atoms with Crippen molar-refractivity contribution in [2.24, 2.45) is 0 Å². The Kier molecular flexibility index (Phi) is 3.69. The number of urea groups is 1. The van der Waals surface area contributed by atoms with Crippen LogP contribution < -0.4 is 5.32 Å². The second kappa shape index (κ2) is 5.42. The lowest BCUT2D eigenvalue weighted by Gasteiger charge is -2.33. The van der Waals surface area contributed by atoms with E-state index in [1.165, 1.54) is 0 Å². The first-order chi connectivity index (χ1) is 8.72. The first-order valence-corrected chi connectivity index (χ1v) is 5.93. The summed E-state index contributed by atoms with van der Waals surface area (Å²) in [4.78, 5) is 13.7. The van der Waals surface area contributed by atoms with Crippen molar-refractivity contribution in [1.82, 2.24) is 10.2 Å². The third-order valence-corrected chi connectivity index (χ3v) is 2.88. The molecule has 0 spiro atoms. The van der Waals surface area contributed by atoms with Crippen molar-refractivity contribution in [3.05, 3.63) is 47.7 Å². The molecule has 3 heteroatoms. The minimum atomic E-state index is -0.0911. The second-order valence-electron chi connectivity index (χ2n) is 4.19. The average Bonchev–Trinajstić information content (AvgIpc) is 2.38. The number of allylic oxidation sites excluding steroid dienone is 1. The molecular weight excluding hydrogens is 224 g/mol. The van der Waals surface area contributed by atoms with Crippen molar-refractivity contribution < 1.29 is 4.79 Å². The smallest absolute Gasteiger partial charge is 0.312 e. The molecule has 1 unspecified atom stereocenters. The van der Waals surface area contributed by atoms with Gasteiger partial charge < -0.3 is 10.2 Å². The van der Waals surface area contributed by atoms with Gasteiger partial charge in [-0.1, -0.05) is 36.3 Å². The number of rotatable bonds is 2. The molecule has 1 aliphatic rings. The number of benzene rings is 1. The van der Waals surface area contributed by atoms with E-state index in [9.17, 15) is 4.79 Å². The van der Waals surface area contributed by atoms with Crippen LogP contribution in [0.2, 0.25) is 0 Å². The molecule has 1 aromatic rings. The van der Waals surface area contributed by atoms with E-state index in [0.717, 1.165) is 11.3 Å². The SMILES string of the molecule is CC#CCN1C(=O)NC(C)=CC1c1ccccc1. The van der Waals surface area contributed by atoms with Crippen LogP contribution in [-0.4, -0.2) is 17.5 Å². The Balaban J connectivity index is 2.35. The van der Waals surface area contributed by atoms with Gasteiger partial charge in [0, 0.05) is 5.70 Å². The highest BCUT2D eigenvalue weighted by Gasteiger charge is 2.26. The summed E-state index contributed by atoms with van der Waals surface area (Å²) in [6.07, 6.45) is 2.05. The summed E-state index contributed by atoms with van der Waals surface area (Å²) in [6.45, 7) is 4.11. The Morgan fingerprint density at radius 2 is 2.06 bits per heavy atom. The molecule has 1 N–H and O–H groups in total. The summed E-state index contributed by atoms with van der Waals surface area (Å²) < 4.78 is 0. The van der Waals surface area contributed by atoms with Gasteiger partial charge in [-0.05, 0) is 25.5 Å². The molecule has 0 saturated carbocycles. The Morgan fingerprint density at radius 1 is 1.33 bits per heavy atom. The highest BCUT2D eigenvalue weighted by molar-refractivity contribution is 5.78. The van der Waals surface area contributed by atoms with E-state index < -0.39 is 0 Å². The lowest BCUT2D eigenvalue weighted by molar-refractivity contribution is 0.191. The van der Waals surface area contributed by atoms with Gasteiger partial charge in [0.25, 0.3) is 0 Å². The van der Waals surface area contributed by atoms with Gasteiger partial charge in [0.05, 0.1) is 12.6 Å². The van der Waals surface area contributed by atoms with E-state index >= 15 is 0 Å².